The minimum Gasteiger partial charge on any atom is -0.398 e. The molecule has 0 bridgehead atoms. The Morgan fingerprint density at radius 2 is 1.82 bits per heavy atom. The highest BCUT2D eigenvalue weighted by Gasteiger charge is 2.13. The van der Waals surface area contributed by atoms with Crippen LogP contribution in [0.15, 0.2) is 24.3 Å². The number of nitrogen functional groups attached to an aromatic ring is 1. The second kappa shape index (κ2) is 6.51. The van der Waals surface area contributed by atoms with Crippen LogP contribution < -0.4 is 5.73 Å². The summed E-state index contributed by atoms with van der Waals surface area (Å²) in [4.78, 5) is 11.9. The molecule has 22 heavy (non-hydrogen) atoms. The molecule has 0 saturated carbocycles. The Morgan fingerprint density at radius 1 is 1.14 bits per heavy atom. The molecule has 2 rings (SSSR count). The zero-order valence-corrected chi connectivity index (χ0v) is 14.4. The topological polar surface area (TPSA) is 43.1 Å². The summed E-state index contributed by atoms with van der Waals surface area (Å²) in [5.74, 6) is 0.841. The van der Waals surface area contributed by atoms with Crippen molar-refractivity contribution in [2.24, 2.45) is 5.92 Å². The molecule has 0 radical (unpaired) electrons. The molecule has 2 N–H and O–H groups in total. The van der Waals surface area contributed by atoms with Gasteiger partial charge >= 0.3 is 0 Å². The normalized spacial score (nSPS) is 11.6. The summed E-state index contributed by atoms with van der Waals surface area (Å²) in [7, 11) is 0. The molecule has 2 aromatic carbocycles. The van der Waals surface area contributed by atoms with E-state index in [1.54, 1.807) is 0 Å². The van der Waals surface area contributed by atoms with Crippen molar-refractivity contribution in [2.45, 2.75) is 53.4 Å². The first-order valence-corrected chi connectivity index (χ1v) is 8.15. The van der Waals surface area contributed by atoms with Gasteiger partial charge in [0.05, 0.1) is 0 Å². The predicted octanol–water partition coefficient (Wildman–Crippen LogP) is 5.01. The highest BCUT2D eigenvalue weighted by atomic mass is 16.1. The molecule has 0 heterocycles. The highest BCUT2D eigenvalue weighted by Crippen LogP contribution is 2.31. The Balaban J connectivity index is 2.47. The summed E-state index contributed by atoms with van der Waals surface area (Å²) >= 11 is 0. The second-order valence-corrected chi connectivity index (χ2v) is 6.84. The van der Waals surface area contributed by atoms with Gasteiger partial charge in [0.15, 0.2) is 0 Å². The Morgan fingerprint density at radius 3 is 2.41 bits per heavy atom. The quantitative estimate of drug-likeness (QED) is 0.788. The van der Waals surface area contributed by atoms with Gasteiger partial charge in [-0.1, -0.05) is 39.8 Å². The van der Waals surface area contributed by atoms with E-state index in [9.17, 15) is 4.79 Å². The molecule has 0 saturated heterocycles. The number of anilines is 1. The molecule has 0 spiro atoms. The summed E-state index contributed by atoms with van der Waals surface area (Å²) in [5.41, 5.74) is 10.8. The van der Waals surface area contributed by atoms with Crippen LogP contribution in [-0.2, 0) is 11.2 Å². The van der Waals surface area contributed by atoms with Crippen LogP contribution >= 0.6 is 0 Å². The van der Waals surface area contributed by atoms with Gasteiger partial charge in [-0.05, 0) is 58.9 Å². The van der Waals surface area contributed by atoms with Crippen molar-refractivity contribution in [3.63, 3.8) is 0 Å². The third-order valence-corrected chi connectivity index (χ3v) is 4.46. The maximum atomic E-state index is 11.9. The van der Waals surface area contributed by atoms with Crippen LogP contribution in [0, 0.1) is 12.8 Å². The molecular weight excluding hydrogens is 270 g/mol. The summed E-state index contributed by atoms with van der Waals surface area (Å²) in [6.45, 7) is 10.4. The number of aryl methyl sites for hydroxylation is 2. The number of Topliss-reactive ketones (excluding diaryl/α,β-unsaturated/α-hetero) is 1. The van der Waals surface area contributed by atoms with Crippen molar-refractivity contribution < 1.29 is 4.79 Å². The molecule has 0 atom stereocenters. The zero-order valence-electron chi connectivity index (χ0n) is 14.4. The van der Waals surface area contributed by atoms with Crippen molar-refractivity contribution in [2.75, 3.05) is 5.73 Å². The largest absolute Gasteiger partial charge is 0.398 e. The van der Waals surface area contributed by atoms with Crippen LogP contribution in [0.2, 0.25) is 0 Å². The van der Waals surface area contributed by atoms with Crippen molar-refractivity contribution in [3.8, 4) is 0 Å². The molecule has 0 aliphatic carbocycles. The van der Waals surface area contributed by atoms with Crippen molar-refractivity contribution in [1.29, 1.82) is 0 Å². The predicted molar refractivity (Wildman–Crippen MR) is 95.4 cm³/mol. The van der Waals surface area contributed by atoms with Gasteiger partial charge in [0, 0.05) is 18.0 Å². The number of benzene rings is 2. The maximum absolute atomic E-state index is 11.9. The van der Waals surface area contributed by atoms with Gasteiger partial charge in [0.25, 0.3) is 0 Å². The fourth-order valence-corrected chi connectivity index (χ4v) is 2.95. The number of carbonyl (C=O) groups excluding carboxylic acids is 1. The lowest BCUT2D eigenvalue weighted by Gasteiger charge is -2.15. The summed E-state index contributed by atoms with van der Waals surface area (Å²) in [6.07, 6.45) is 1.39. The second-order valence-electron chi connectivity index (χ2n) is 6.84. The number of hydrogen-bond acceptors (Lipinski definition) is 2. The van der Waals surface area contributed by atoms with E-state index in [0.717, 1.165) is 12.1 Å². The average Bonchev–Trinajstić information content (AvgIpc) is 2.45. The van der Waals surface area contributed by atoms with Crippen LogP contribution in [-0.4, -0.2) is 5.78 Å². The van der Waals surface area contributed by atoms with E-state index in [4.69, 9.17) is 5.73 Å². The Kier molecular flexibility index (Phi) is 4.90. The molecule has 0 aliphatic rings. The number of ketones is 1. The SMILES string of the molecule is Cc1ccc2cc(C(C)C)c(N)cc2c1CCC(=O)C(C)C. The van der Waals surface area contributed by atoms with Crippen LogP contribution in [0.3, 0.4) is 0 Å². The first kappa shape index (κ1) is 16.5. The van der Waals surface area contributed by atoms with E-state index in [2.05, 4.69) is 45.0 Å². The van der Waals surface area contributed by atoms with Gasteiger partial charge in [-0.2, -0.15) is 0 Å². The standard InChI is InChI=1S/C20H27NO/c1-12(2)17-10-15-7-6-14(5)16(18(15)11-19(17)21)8-9-20(22)13(3)4/h6-7,10-13H,8-9,21H2,1-5H3. The van der Waals surface area contributed by atoms with Gasteiger partial charge < -0.3 is 5.73 Å². The van der Waals surface area contributed by atoms with Gasteiger partial charge in [0.2, 0.25) is 0 Å². The third-order valence-electron chi connectivity index (χ3n) is 4.46. The van der Waals surface area contributed by atoms with Gasteiger partial charge in [-0.3, -0.25) is 4.79 Å². The van der Waals surface area contributed by atoms with Gasteiger partial charge in [0.1, 0.15) is 5.78 Å². The molecule has 0 aromatic heterocycles. The number of hydrogen-bond donors (Lipinski definition) is 1. The molecule has 0 amide bonds. The third kappa shape index (κ3) is 3.32. The fraction of sp³-hybridized carbons (Fsp3) is 0.450. The van der Waals surface area contributed by atoms with Crippen molar-refractivity contribution >= 4 is 22.2 Å². The van der Waals surface area contributed by atoms with Gasteiger partial charge in [-0.15, -0.1) is 0 Å². The summed E-state index contributed by atoms with van der Waals surface area (Å²) < 4.78 is 0. The molecule has 118 valence electrons. The first-order chi connectivity index (χ1) is 10.3. The van der Waals surface area contributed by atoms with E-state index in [1.807, 2.05) is 13.8 Å². The first-order valence-electron chi connectivity index (χ1n) is 8.15. The van der Waals surface area contributed by atoms with E-state index < -0.39 is 0 Å². The minimum absolute atomic E-state index is 0.105. The van der Waals surface area contributed by atoms with Crippen molar-refractivity contribution in [3.05, 3.63) is 41.0 Å². The molecule has 2 heteroatoms. The molecular formula is C20H27NO. The molecule has 0 aliphatic heterocycles. The Hall–Kier alpha value is -1.83. The van der Waals surface area contributed by atoms with Gasteiger partial charge in [-0.25, -0.2) is 0 Å². The van der Waals surface area contributed by atoms with Crippen LogP contribution in [0.1, 0.15) is 56.7 Å². The summed E-state index contributed by atoms with van der Waals surface area (Å²) in [5, 5.41) is 2.41. The monoisotopic (exact) mass is 297 g/mol. The van der Waals surface area contributed by atoms with Crippen LogP contribution in [0.5, 0.6) is 0 Å². The van der Waals surface area contributed by atoms with Crippen LogP contribution in [0.4, 0.5) is 5.69 Å². The lowest BCUT2D eigenvalue weighted by molar-refractivity contribution is -0.121. The molecule has 0 unspecified atom stereocenters. The zero-order chi connectivity index (χ0) is 16.4. The maximum Gasteiger partial charge on any atom is 0.135 e. The Bertz CT molecular complexity index is 698. The van der Waals surface area contributed by atoms with E-state index >= 15 is 0 Å². The lowest BCUT2D eigenvalue weighted by Crippen LogP contribution is -2.08. The smallest absolute Gasteiger partial charge is 0.135 e. The molecule has 2 nitrogen and oxygen atoms in total. The van der Waals surface area contributed by atoms with Crippen LogP contribution in [0.25, 0.3) is 10.8 Å². The molecule has 2 aromatic rings. The number of fused-ring (bicyclic) bond motifs is 1. The van der Waals surface area contributed by atoms with E-state index in [-0.39, 0.29) is 5.92 Å². The number of rotatable bonds is 5. The van der Waals surface area contributed by atoms with E-state index in [0.29, 0.717) is 18.1 Å². The van der Waals surface area contributed by atoms with Crippen molar-refractivity contribution in [1.82, 2.24) is 0 Å². The van der Waals surface area contributed by atoms with E-state index in [1.165, 1.54) is 27.5 Å². The average molecular weight is 297 g/mol. The lowest BCUT2D eigenvalue weighted by atomic mass is 9.90. The number of carbonyl (C=O) groups is 1. The highest BCUT2D eigenvalue weighted by molar-refractivity contribution is 5.91. The molecule has 0 fully saturated rings. The summed E-state index contributed by atoms with van der Waals surface area (Å²) in [6, 6.07) is 8.59. The minimum atomic E-state index is 0.105. The Labute approximate surface area is 133 Å². The number of nitrogens with two attached hydrogens (primary N) is 1. The fourth-order valence-electron chi connectivity index (χ4n) is 2.95.